The van der Waals surface area contributed by atoms with Gasteiger partial charge >= 0.3 is 0 Å². The molecule has 0 unspecified atom stereocenters. The van der Waals surface area contributed by atoms with Gasteiger partial charge in [-0.3, -0.25) is 10.4 Å². The molecule has 0 radical (unpaired) electrons. The highest BCUT2D eigenvalue weighted by Crippen LogP contribution is 2.26. The molecular formula is C16H17N3S. The van der Waals surface area contributed by atoms with Crippen LogP contribution in [-0.2, 0) is 0 Å². The van der Waals surface area contributed by atoms with Crippen LogP contribution in [0.2, 0.25) is 0 Å². The van der Waals surface area contributed by atoms with Gasteiger partial charge in [-0.1, -0.05) is 32.0 Å². The highest BCUT2D eigenvalue weighted by Gasteiger charge is 2.12. The molecule has 0 spiro atoms. The predicted molar refractivity (Wildman–Crippen MR) is 88.1 cm³/mol. The van der Waals surface area contributed by atoms with Gasteiger partial charge < -0.3 is 0 Å². The van der Waals surface area contributed by atoms with E-state index in [1.165, 1.54) is 5.55 Å². The van der Waals surface area contributed by atoms with E-state index in [0.29, 0.717) is 5.92 Å². The summed E-state index contributed by atoms with van der Waals surface area (Å²) >= 11 is 3.95. The number of nitrogens with one attached hydrogen (secondary N) is 1. The van der Waals surface area contributed by atoms with Crippen molar-refractivity contribution in [2.24, 2.45) is 4.99 Å². The van der Waals surface area contributed by atoms with E-state index in [1.807, 2.05) is 36.4 Å². The van der Waals surface area contributed by atoms with E-state index in [1.54, 1.807) is 6.20 Å². The second kappa shape index (κ2) is 6.48. The first kappa shape index (κ1) is 14.5. The predicted octanol–water partition coefficient (Wildman–Crippen LogP) is 4.16. The molecule has 0 aliphatic carbocycles. The van der Waals surface area contributed by atoms with Crippen LogP contribution in [0.4, 0.5) is 0 Å². The summed E-state index contributed by atoms with van der Waals surface area (Å²) in [6.45, 7) is 4.22. The lowest BCUT2D eigenvalue weighted by Crippen LogP contribution is -2.03. The maximum atomic E-state index is 8.06. The normalized spacial score (nSPS) is 11.2. The molecule has 2 aromatic rings. The molecule has 20 heavy (non-hydrogen) atoms. The summed E-state index contributed by atoms with van der Waals surface area (Å²) in [7, 11) is 0. The monoisotopic (exact) mass is 283 g/mol. The highest BCUT2D eigenvalue weighted by atomic mass is 32.1. The molecule has 0 fully saturated rings. The van der Waals surface area contributed by atoms with Gasteiger partial charge in [-0.05, 0) is 29.7 Å². The fraction of sp³-hybridized carbons (Fsp3) is 0.188. The molecule has 1 aromatic carbocycles. The number of pyridine rings is 1. The van der Waals surface area contributed by atoms with Crippen molar-refractivity contribution in [2.45, 2.75) is 19.8 Å². The lowest BCUT2D eigenvalue weighted by atomic mass is 9.94. The van der Waals surface area contributed by atoms with E-state index in [-0.39, 0.29) is 5.84 Å². The maximum Gasteiger partial charge on any atom is 0.152 e. The lowest BCUT2D eigenvalue weighted by Gasteiger charge is -2.13. The van der Waals surface area contributed by atoms with E-state index in [0.717, 1.165) is 22.4 Å². The van der Waals surface area contributed by atoms with Crippen LogP contribution in [0.3, 0.4) is 0 Å². The minimum atomic E-state index is 0.224. The number of rotatable bonds is 3. The average Bonchev–Trinajstić information content (AvgIpc) is 2.47. The van der Waals surface area contributed by atoms with Gasteiger partial charge in [0.25, 0.3) is 0 Å². The van der Waals surface area contributed by atoms with E-state index in [9.17, 15) is 0 Å². The molecule has 0 aliphatic rings. The summed E-state index contributed by atoms with van der Waals surface area (Å²) in [4.78, 5) is 8.32. The summed E-state index contributed by atoms with van der Waals surface area (Å²) < 4.78 is 0. The Labute approximate surface area is 124 Å². The standard InChI is InChI=1S/C16H17N3S/c1-11(2)13-7-6-12(15-5-3-4-8-18-15)9-14(13)16(17)19-10-20/h3-11H,1-2H3,(H2,17,19,20). The van der Waals surface area contributed by atoms with Gasteiger partial charge in [0.05, 0.1) is 11.2 Å². The van der Waals surface area contributed by atoms with Crippen molar-refractivity contribution in [3.63, 3.8) is 0 Å². The number of hydrogen-bond donors (Lipinski definition) is 2. The molecule has 1 N–H and O–H groups in total. The van der Waals surface area contributed by atoms with Crippen molar-refractivity contribution in [1.82, 2.24) is 4.98 Å². The topological polar surface area (TPSA) is 49.1 Å². The Morgan fingerprint density at radius 1 is 1.30 bits per heavy atom. The zero-order chi connectivity index (χ0) is 14.5. The van der Waals surface area contributed by atoms with Crippen LogP contribution in [-0.4, -0.2) is 16.4 Å². The van der Waals surface area contributed by atoms with Gasteiger partial charge in [-0.2, -0.15) is 0 Å². The molecule has 1 heterocycles. The molecule has 2 rings (SSSR count). The van der Waals surface area contributed by atoms with Crippen molar-refractivity contribution in [3.8, 4) is 11.3 Å². The van der Waals surface area contributed by atoms with Crippen LogP contribution < -0.4 is 0 Å². The van der Waals surface area contributed by atoms with Gasteiger partial charge in [0, 0.05) is 17.3 Å². The first-order valence-corrected chi connectivity index (χ1v) is 6.96. The van der Waals surface area contributed by atoms with E-state index in [4.69, 9.17) is 5.41 Å². The molecule has 0 saturated heterocycles. The molecule has 0 aliphatic heterocycles. The third-order valence-electron chi connectivity index (χ3n) is 3.08. The number of amidine groups is 1. The molecule has 0 amide bonds. The largest absolute Gasteiger partial charge is 0.282 e. The third-order valence-corrected chi connectivity index (χ3v) is 3.19. The van der Waals surface area contributed by atoms with Crippen LogP contribution in [0, 0.1) is 5.41 Å². The molecule has 4 heteroatoms. The fourth-order valence-electron chi connectivity index (χ4n) is 2.08. The molecular weight excluding hydrogens is 266 g/mol. The van der Waals surface area contributed by atoms with Gasteiger partial charge in [0.1, 0.15) is 0 Å². The number of hydrogen-bond acceptors (Lipinski definition) is 2. The van der Waals surface area contributed by atoms with E-state index in [2.05, 4.69) is 36.5 Å². The Bertz CT molecular complexity index is 633. The second-order valence-electron chi connectivity index (χ2n) is 4.76. The Kier molecular flexibility index (Phi) is 4.69. The number of aliphatic imine (C=N–C) groups is 1. The molecule has 0 atom stereocenters. The second-order valence-corrected chi connectivity index (χ2v) is 5.00. The van der Waals surface area contributed by atoms with Crippen LogP contribution in [0.15, 0.2) is 47.6 Å². The van der Waals surface area contributed by atoms with Crippen LogP contribution in [0.25, 0.3) is 11.3 Å². The van der Waals surface area contributed by atoms with Gasteiger partial charge in [0.15, 0.2) is 5.84 Å². The quantitative estimate of drug-likeness (QED) is 0.496. The van der Waals surface area contributed by atoms with Crippen molar-refractivity contribution >= 4 is 24.0 Å². The summed E-state index contributed by atoms with van der Waals surface area (Å²) in [6, 6.07) is 11.9. The van der Waals surface area contributed by atoms with Crippen molar-refractivity contribution in [2.75, 3.05) is 0 Å². The first-order chi connectivity index (χ1) is 9.63. The van der Waals surface area contributed by atoms with E-state index >= 15 is 0 Å². The SMILES string of the molecule is CC(C)c1ccc(-c2ccccn2)cc1C(=N)/N=C\S. The van der Waals surface area contributed by atoms with Crippen LogP contribution in [0.1, 0.15) is 30.9 Å². The smallest absolute Gasteiger partial charge is 0.152 e. The fourth-order valence-corrected chi connectivity index (χ4v) is 2.20. The van der Waals surface area contributed by atoms with E-state index < -0.39 is 0 Å². The van der Waals surface area contributed by atoms with Crippen molar-refractivity contribution < 1.29 is 0 Å². The van der Waals surface area contributed by atoms with Crippen LogP contribution in [0.5, 0.6) is 0 Å². The van der Waals surface area contributed by atoms with Gasteiger partial charge in [0.2, 0.25) is 0 Å². The lowest BCUT2D eigenvalue weighted by molar-refractivity contribution is 0.863. The summed E-state index contributed by atoms with van der Waals surface area (Å²) in [5, 5.41) is 8.06. The molecule has 0 bridgehead atoms. The zero-order valence-corrected chi connectivity index (χ0v) is 12.4. The molecule has 102 valence electrons. The van der Waals surface area contributed by atoms with Crippen molar-refractivity contribution in [1.29, 1.82) is 5.41 Å². The Hall–Kier alpha value is -1.94. The van der Waals surface area contributed by atoms with Gasteiger partial charge in [-0.15, -0.1) is 12.6 Å². The summed E-state index contributed by atoms with van der Waals surface area (Å²) in [5.41, 5.74) is 5.16. The molecule has 3 nitrogen and oxygen atoms in total. The average molecular weight is 283 g/mol. The molecule has 1 aromatic heterocycles. The third kappa shape index (κ3) is 3.14. The Morgan fingerprint density at radius 3 is 2.70 bits per heavy atom. The maximum absolute atomic E-state index is 8.06. The first-order valence-electron chi connectivity index (χ1n) is 6.44. The zero-order valence-electron chi connectivity index (χ0n) is 11.5. The minimum absolute atomic E-state index is 0.224. The van der Waals surface area contributed by atoms with Crippen LogP contribution >= 0.6 is 12.6 Å². The van der Waals surface area contributed by atoms with Gasteiger partial charge in [-0.25, -0.2) is 4.99 Å². The number of aromatic nitrogens is 1. The highest BCUT2D eigenvalue weighted by molar-refractivity contribution is 7.94. The Balaban J connectivity index is 2.54. The number of thiol groups is 1. The number of nitrogens with zero attached hydrogens (tertiary/aromatic N) is 2. The minimum Gasteiger partial charge on any atom is -0.282 e. The summed E-state index contributed by atoms with van der Waals surface area (Å²) in [5.74, 6) is 0.555. The van der Waals surface area contributed by atoms with Crippen molar-refractivity contribution in [3.05, 3.63) is 53.7 Å². The molecule has 0 saturated carbocycles. The summed E-state index contributed by atoms with van der Waals surface area (Å²) in [6.07, 6.45) is 1.77. The Morgan fingerprint density at radius 2 is 2.10 bits per heavy atom. The number of benzene rings is 1.